The van der Waals surface area contributed by atoms with Crippen LogP contribution < -0.4 is 0 Å². The van der Waals surface area contributed by atoms with Crippen LogP contribution in [0.5, 0.6) is 0 Å². The molecular weight excluding hydrogens is 232 g/mol. The van der Waals surface area contributed by atoms with Crippen LogP contribution in [-0.4, -0.2) is 24.6 Å². The van der Waals surface area contributed by atoms with E-state index in [0.29, 0.717) is 42.3 Å². The molecule has 1 heterocycles. The number of esters is 2. The standard InChI is InChI=1S/C14H18O4/c1-7(2)14(16)18-12-4-8-3-10(12)11-6-17-13(15)5-9(8)11/h8-12H,1,3-6H2,2H3. The molecule has 98 valence electrons. The van der Waals surface area contributed by atoms with Crippen LogP contribution in [0.4, 0.5) is 0 Å². The quantitative estimate of drug-likeness (QED) is 0.553. The van der Waals surface area contributed by atoms with Crippen LogP contribution in [0.2, 0.25) is 0 Å². The van der Waals surface area contributed by atoms with Gasteiger partial charge in [-0.1, -0.05) is 6.58 Å². The summed E-state index contributed by atoms with van der Waals surface area (Å²) in [5.74, 6) is 1.38. The van der Waals surface area contributed by atoms with Gasteiger partial charge in [0, 0.05) is 23.8 Å². The summed E-state index contributed by atoms with van der Waals surface area (Å²) in [6.45, 7) is 5.78. The van der Waals surface area contributed by atoms with Crippen molar-refractivity contribution in [3.63, 3.8) is 0 Å². The predicted molar refractivity (Wildman–Crippen MR) is 63.5 cm³/mol. The molecule has 2 bridgehead atoms. The summed E-state index contributed by atoms with van der Waals surface area (Å²) in [6.07, 6.45) is 2.52. The maximum atomic E-state index is 11.6. The first kappa shape index (κ1) is 11.8. The molecule has 5 atom stereocenters. The normalized spacial score (nSPS) is 41.2. The Morgan fingerprint density at radius 3 is 2.83 bits per heavy atom. The molecule has 0 aromatic heterocycles. The van der Waals surface area contributed by atoms with Gasteiger partial charge in [-0.3, -0.25) is 4.79 Å². The Morgan fingerprint density at radius 2 is 2.11 bits per heavy atom. The Labute approximate surface area is 106 Å². The molecule has 3 rings (SSSR count). The number of hydrogen-bond donors (Lipinski definition) is 0. The molecular formula is C14H18O4. The number of cyclic esters (lactones) is 1. The molecule has 0 radical (unpaired) electrons. The van der Waals surface area contributed by atoms with Crippen molar-refractivity contribution in [3.8, 4) is 0 Å². The lowest BCUT2D eigenvalue weighted by Crippen LogP contribution is -2.41. The third kappa shape index (κ3) is 1.74. The van der Waals surface area contributed by atoms with E-state index in [9.17, 15) is 9.59 Å². The summed E-state index contributed by atoms with van der Waals surface area (Å²) in [5, 5.41) is 0. The first-order chi connectivity index (χ1) is 8.56. The zero-order valence-corrected chi connectivity index (χ0v) is 10.6. The summed E-state index contributed by atoms with van der Waals surface area (Å²) in [5.41, 5.74) is 0.449. The smallest absolute Gasteiger partial charge is 0.333 e. The fraction of sp³-hybridized carbons (Fsp3) is 0.714. The average Bonchev–Trinajstić information content (AvgIpc) is 2.86. The lowest BCUT2D eigenvalue weighted by molar-refractivity contribution is -0.162. The zero-order valence-electron chi connectivity index (χ0n) is 10.6. The van der Waals surface area contributed by atoms with Gasteiger partial charge in [0.15, 0.2) is 0 Å². The molecule has 4 heteroatoms. The van der Waals surface area contributed by atoms with Crippen LogP contribution in [0, 0.1) is 23.7 Å². The molecule has 2 aliphatic carbocycles. The minimum atomic E-state index is -0.295. The van der Waals surface area contributed by atoms with Crippen molar-refractivity contribution in [2.75, 3.05) is 6.61 Å². The Morgan fingerprint density at radius 1 is 1.33 bits per heavy atom. The highest BCUT2D eigenvalue weighted by molar-refractivity contribution is 5.87. The first-order valence-electron chi connectivity index (χ1n) is 6.58. The highest BCUT2D eigenvalue weighted by Crippen LogP contribution is 2.55. The number of ether oxygens (including phenoxy) is 2. The number of rotatable bonds is 2. The lowest BCUT2D eigenvalue weighted by Gasteiger charge is -2.37. The van der Waals surface area contributed by atoms with Crippen LogP contribution in [0.1, 0.15) is 26.2 Å². The van der Waals surface area contributed by atoms with E-state index in [1.54, 1.807) is 6.92 Å². The monoisotopic (exact) mass is 250 g/mol. The van der Waals surface area contributed by atoms with E-state index < -0.39 is 0 Å². The topological polar surface area (TPSA) is 52.6 Å². The SMILES string of the molecule is C=C(C)C(=O)OC1CC2CC1C1COC(=O)CC21. The van der Waals surface area contributed by atoms with E-state index >= 15 is 0 Å². The molecule has 3 fully saturated rings. The van der Waals surface area contributed by atoms with Crippen molar-refractivity contribution < 1.29 is 19.1 Å². The van der Waals surface area contributed by atoms with Gasteiger partial charge in [0.2, 0.25) is 0 Å². The first-order valence-corrected chi connectivity index (χ1v) is 6.58. The predicted octanol–water partition coefficient (Wildman–Crippen LogP) is 1.69. The Bertz CT molecular complexity index is 414. The third-order valence-corrected chi connectivity index (χ3v) is 4.74. The summed E-state index contributed by atoms with van der Waals surface area (Å²) in [4.78, 5) is 22.9. The van der Waals surface area contributed by atoms with Gasteiger partial charge in [0.05, 0.1) is 6.61 Å². The molecule has 3 aliphatic rings. The zero-order chi connectivity index (χ0) is 12.9. The van der Waals surface area contributed by atoms with Crippen molar-refractivity contribution >= 4 is 11.9 Å². The van der Waals surface area contributed by atoms with Gasteiger partial charge in [-0.25, -0.2) is 4.79 Å². The van der Waals surface area contributed by atoms with Gasteiger partial charge in [-0.15, -0.1) is 0 Å². The number of carbonyl (C=O) groups is 2. The van der Waals surface area contributed by atoms with Gasteiger partial charge in [-0.2, -0.15) is 0 Å². The van der Waals surface area contributed by atoms with Gasteiger partial charge in [0.1, 0.15) is 6.10 Å². The number of carbonyl (C=O) groups excluding carboxylic acids is 2. The Balaban J connectivity index is 1.68. The van der Waals surface area contributed by atoms with Gasteiger partial charge in [0.25, 0.3) is 0 Å². The molecule has 2 saturated carbocycles. The highest BCUT2D eigenvalue weighted by atomic mass is 16.5. The molecule has 0 aromatic carbocycles. The molecule has 0 spiro atoms. The minimum Gasteiger partial charge on any atom is -0.465 e. The summed E-state index contributed by atoms with van der Waals surface area (Å²) < 4.78 is 10.7. The van der Waals surface area contributed by atoms with E-state index in [0.717, 1.165) is 12.8 Å². The average molecular weight is 250 g/mol. The molecule has 18 heavy (non-hydrogen) atoms. The second-order valence-corrected chi connectivity index (χ2v) is 5.83. The maximum Gasteiger partial charge on any atom is 0.333 e. The molecule has 0 N–H and O–H groups in total. The molecule has 1 saturated heterocycles. The number of hydrogen-bond acceptors (Lipinski definition) is 4. The van der Waals surface area contributed by atoms with Gasteiger partial charge < -0.3 is 9.47 Å². The Kier molecular flexibility index (Phi) is 2.68. The molecule has 5 unspecified atom stereocenters. The van der Waals surface area contributed by atoms with Gasteiger partial charge in [-0.05, 0) is 31.6 Å². The van der Waals surface area contributed by atoms with Crippen LogP contribution in [-0.2, 0) is 19.1 Å². The lowest BCUT2D eigenvalue weighted by atomic mass is 9.75. The second-order valence-electron chi connectivity index (χ2n) is 5.83. The second kappa shape index (κ2) is 4.11. The third-order valence-electron chi connectivity index (χ3n) is 4.74. The largest absolute Gasteiger partial charge is 0.465 e. The summed E-state index contributed by atoms with van der Waals surface area (Å²) in [7, 11) is 0. The van der Waals surface area contributed by atoms with E-state index in [1.165, 1.54) is 0 Å². The fourth-order valence-electron chi connectivity index (χ4n) is 3.92. The Hall–Kier alpha value is -1.32. The molecule has 4 nitrogen and oxygen atoms in total. The van der Waals surface area contributed by atoms with E-state index in [4.69, 9.17) is 9.47 Å². The molecule has 0 aromatic rings. The highest BCUT2D eigenvalue weighted by Gasteiger charge is 2.56. The van der Waals surface area contributed by atoms with Crippen LogP contribution in [0.25, 0.3) is 0 Å². The van der Waals surface area contributed by atoms with E-state index in [2.05, 4.69) is 6.58 Å². The van der Waals surface area contributed by atoms with Crippen molar-refractivity contribution in [2.24, 2.45) is 23.7 Å². The van der Waals surface area contributed by atoms with Crippen molar-refractivity contribution in [1.29, 1.82) is 0 Å². The van der Waals surface area contributed by atoms with Crippen LogP contribution in [0.15, 0.2) is 12.2 Å². The van der Waals surface area contributed by atoms with E-state index in [1.807, 2.05) is 0 Å². The van der Waals surface area contributed by atoms with Crippen LogP contribution >= 0.6 is 0 Å². The summed E-state index contributed by atoms with van der Waals surface area (Å²) in [6, 6.07) is 0. The van der Waals surface area contributed by atoms with Crippen molar-refractivity contribution in [3.05, 3.63) is 12.2 Å². The van der Waals surface area contributed by atoms with Crippen molar-refractivity contribution in [2.45, 2.75) is 32.3 Å². The minimum absolute atomic E-state index is 0.00254. The van der Waals surface area contributed by atoms with Crippen molar-refractivity contribution in [1.82, 2.24) is 0 Å². The number of fused-ring (bicyclic) bond motifs is 5. The fourth-order valence-corrected chi connectivity index (χ4v) is 3.92. The maximum absolute atomic E-state index is 11.6. The summed E-state index contributed by atoms with van der Waals surface area (Å²) >= 11 is 0. The van der Waals surface area contributed by atoms with E-state index in [-0.39, 0.29) is 18.0 Å². The molecule has 0 amide bonds. The molecule has 1 aliphatic heterocycles. The van der Waals surface area contributed by atoms with Crippen LogP contribution in [0.3, 0.4) is 0 Å². The van der Waals surface area contributed by atoms with Gasteiger partial charge >= 0.3 is 11.9 Å².